The summed E-state index contributed by atoms with van der Waals surface area (Å²) in [5, 5.41) is 0. The van der Waals surface area contributed by atoms with Crippen LogP contribution in [0.1, 0.15) is 44.1 Å². The second-order valence-corrected chi connectivity index (χ2v) is 7.09. The molecule has 0 spiro atoms. The van der Waals surface area contributed by atoms with Crippen LogP contribution in [0.15, 0.2) is 12.3 Å². The van der Waals surface area contributed by atoms with Crippen LogP contribution in [-0.2, 0) is 17.6 Å². The Labute approximate surface area is 133 Å². The average Bonchev–Trinajstić information content (AvgIpc) is 3.21. The fourth-order valence-electron chi connectivity index (χ4n) is 3.25. The van der Waals surface area contributed by atoms with E-state index in [-0.39, 0.29) is 11.9 Å². The number of nitrogens with zero attached hydrogens (tertiary/aromatic N) is 2. The van der Waals surface area contributed by atoms with Crippen molar-refractivity contribution in [3.05, 3.63) is 39.1 Å². The Morgan fingerprint density at radius 1 is 1.50 bits per heavy atom. The monoisotopic (exact) mass is 317 g/mol. The highest BCUT2D eigenvalue weighted by Crippen LogP contribution is 2.33. The van der Waals surface area contributed by atoms with Gasteiger partial charge in [0, 0.05) is 23.3 Å². The number of rotatable bonds is 2. The van der Waals surface area contributed by atoms with Gasteiger partial charge in [-0.2, -0.15) is 0 Å². The van der Waals surface area contributed by atoms with Crippen LogP contribution >= 0.6 is 11.3 Å². The standard InChI is InChI=1S/C16H19N3O2S/c1-10-8-17-15(18-10)12-9-21-6-5-19(12)16(20)14-7-11-3-2-4-13(11)22-14/h7-8,12H,2-6,9H2,1H3,(H,17,18)/t12-/m0/s1. The van der Waals surface area contributed by atoms with Gasteiger partial charge in [-0.1, -0.05) is 0 Å². The molecule has 5 nitrogen and oxygen atoms in total. The minimum Gasteiger partial charge on any atom is -0.377 e. The normalized spacial score (nSPS) is 21.1. The fraction of sp³-hybridized carbons (Fsp3) is 0.500. The number of thiophene rings is 1. The minimum absolute atomic E-state index is 0.113. The summed E-state index contributed by atoms with van der Waals surface area (Å²) in [5.74, 6) is 0.927. The number of morpholine rings is 1. The highest BCUT2D eigenvalue weighted by Gasteiger charge is 2.32. The number of ether oxygens (including phenoxy) is 1. The molecule has 0 unspecified atom stereocenters. The number of H-pyrrole nitrogens is 1. The van der Waals surface area contributed by atoms with Crippen molar-refractivity contribution in [3.8, 4) is 0 Å². The summed E-state index contributed by atoms with van der Waals surface area (Å²) < 4.78 is 5.57. The first-order chi connectivity index (χ1) is 10.7. The third kappa shape index (κ3) is 2.36. The van der Waals surface area contributed by atoms with Crippen LogP contribution in [0, 0.1) is 6.92 Å². The predicted octanol–water partition coefficient (Wildman–Crippen LogP) is 2.48. The van der Waals surface area contributed by atoms with E-state index >= 15 is 0 Å². The zero-order valence-electron chi connectivity index (χ0n) is 12.6. The number of hydrogen-bond donors (Lipinski definition) is 1. The maximum absolute atomic E-state index is 12.9. The topological polar surface area (TPSA) is 58.2 Å². The third-order valence-corrected chi connectivity index (χ3v) is 5.61. The lowest BCUT2D eigenvalue weighted by Gasteiger charge is -2.34. The summed E-state index contributed by atoms with van der Waals surface area (Å²) >= 11 is 1.66. The van der Waals surface area contributed by atoms with Crippen molar-refractivity contribution in [3.63, 3.8) is 0 Å². The zero-order chi connectivity index (χ0) is 15.1. The van der Waals surface area contributed by atoms with Gasteiger partial charge in [0.1, 0.15) is 11.9 Å². The van der Waals surface area contributed by atoms with Crippen molar-refractivity contribution in [2.45, 2.75) is 32.2 Å². The minimum atomic E-state index is -0.119. The average molecular weight is 317 g/mol. The molecule has 2 aliphatic rings. The number of carbonyl (C=O) groups is 1. The van der Waals surface area contributed by atoms with E-state index in [2.05, 4.69) is 16.0 Å². The van der Waals surface area contributed by atoms with Gasteiger partial charge < -0.3 is 14.6 Å². The number of amides is 1. The van der Waals surface area contributed by atoms with E-state index < -0.39 is 0 Å². The van der Waals surface area contributed by atoms with Gasteiger partial charge in [0.15, 0.2) is 0 Å². The van der Waals surface area contributed by atoms with Gasteiger partial charge in [-0.15, -0.1) is 11.3 Å². The lowest BCUT2D eigenvalue weighted by Crippen LogP contribution is -2.43. The molecule has 22 heavy (non-hydrogen) atoms. The van der Waals surface area contributed by atoms with Crippen LogP contribution in [0.2, 0.25) is 0 Å². The molecule has 1 N–H and O–H groups in total. The van der Waals surface area contributed by atoms with Crippen LogP contribution in [-0.4, -0.2) is 40.5 Å². The Morgan fingerprint density at radius 2 is 2.41 bits per heavy atom. The number of imidazole rings is 1. The third-order valence-electron chi connectivity index (χ3n) is 4.38. The molecule has 1 amide bonds. The smallest absolute Gasteiger partial charge is 0.264 e. The molecule has 1 fully saturated rings. The number of aromatic nitrogens is 2. The van der Waals surface area contributed by atoms with Gasteiger partial charge in [0.25, 0.3) is 5.91 Å². The fourth-order valence-corrected chi connectivity index (χ4v) is 4.46. The lowest BCUT2D eigenvalue weighted by atomic mass is 10.2. The van der Waals surface area contributed by atoms with E-state index in [0.717, 1.165) is 29.2 Å². The molecule has 0 bridgehead atoms. The molecule has 3 heterocycles. The van der Waals surface area contributed by atoms with E-state index in [1.807, 2.05) is 11.8 Å². The Kier molecular flexibility index (Phi) is 3.50. The molecule has 1 aliphatic heterocycles. The summed E-state index contributed by atoms with van der Waals surface area (Å²) in [6.45, 7) is 3.68. The van der Waals surface area contributed by atoms with Crippen LogP contribution in [0.25, 0.3) is 0 Å². The van der Waals surface area contributed by atoms with Crippen LogP contribution in [0.4, 0.5) is 0 Å². The molecular formula is C16H19N3O2S. The lowest BCUT2D eigenvalue weighted by molar-refractivity contribution is -0.00475. The Bertz CT molecular complexity index is 685. The first kappa shape index (κ1) is 14.0. The summed E-state index contributed by atoms with van der Waals surface area (Å²) in [6.07, 6.45) is 5.26. The largest absolute Gasteiger partial charge is 0.377 e. The number of hydrogen-bond acceptors (Lipinski definition) is 4. The molecule has 4 rings (SSSR count). The highest BCUT2D eigenvalue weighted by atomic mass is 32.1. The van der Waals surface area contributed by atoms with E-state index in [1.165, 1.54) is 16.9 Å². The number of aromatic amines is 1. The predicted molar refractivity (Wildman–Crippen MR) is 84.3 cm³/mol. The first-order valence-corrected chi connectivity index (χ1v) is 8.56. The van der Waals surface area contributed by atoms with Crippen molar-refractivity contribution in [1.82, 2.24) is 14.9 Å². The number of fused-ring (bicyclic) bond motifs is 1. The van der Waals surface area contributed by atoms with Crippen LogP contribution < -0.4 is 0 Å². The Morgan fingerprint density at radius 3 is 3.18 bits per heavy atom. The molecule has 6 heteroatoms. The maximum atomic E-state index is 12.9. The molecule has 2 aromatic rings. The summed E-state index contributed by atoms with van der Waals surface area (Å²) in [4.78, 5) is 24.7. The van der Waals surface area contributed by atoms with Crippen molar-refractivity contribution < 1.29 is 9.53 Å². The number of aryl methyl sites for hydroxylation is 3. The molecular weight excluding hydrogens is 298 g/mol. The van der Waals surface area contributed by atoms with Gasteiger partial charge in [-0.25, -0.2) is 4.98 Å². The summed E-state index contributed by atoms with van der Waals surface area (Å²) in [5.41, 5.74) is 2.37. The molecule has 1 aliphatic carbocycles. The molecule has 0 saturated carbocycles. The maximum Gasteiger partial charge on any atom is 0.264 e. The van der Waals surface area contributed by atoms with Gasteiger partial charge >= 0.3 is 0 Å². The summed E-state index contributed by atoms with van der Waals surface area (Å²) in [7, 11) is 0. The number of carbonyl (C=O) groups excluding carboxylic acids is 1. The van der Waals surface area contributed by atoms with Gasteiger partial charge in [-0.05, 0) is 37.8 Å². The van der Waals surface area contributed by atoms with E-state index in [1.54, 1.807) is 17.5 Å². The van der Waals surface area contributed by atoms with Crippen LogP contribution in [0.5, 0.6) is 0 Å². The molecule has 2 aromatic heterocycles. The Balaban J connectivity index is 1.61. The second kappa shape index (κ2) is 5.52. The first-order valence-electron chi connectivity index (χ1n) is 7.74. The van der Waals surface area contributed by atoms with Crippen molar-refractivity contribution in [2.24, 2.45) is 0 Å². The number of nitrogens with one attached hydrogen (secondary N) is 1. The molecule has 1 atom stereocenters. The van der Waals surface area contributed by atoms with Crippen molar-refractivity contribution in [2.75, 3.05) is 19.8 Å². The molecule has 116 valence electrons. The van der Waals surface area contributed by atoms with E-state index in [0.29, 0.717) is 19.8 Å². The Hall–Kier alpha value is -1.66. The quantitative estimate of drug-likeness (QED) is 0.926. The van der Waals surface area contributed by atoms with E-state index in [9.17, 15) is 4.79 Å². The molecule has 0 aromatic carbocycles. The molecule has 0 radical (unpaired) electrons. The summed E-state index contributed by atoms with van der Waals surface area (Å²) in [6, 6.07) is 1.97. The van der Waals surface area contributed by atoms with Gasteiger partial charge in [-0.3, -0.25) is 4.79 Å². The van der Waals surface area contributed by atoms with Crippen molar-refractivity contribution in [1.29, 1.82) is 0 Å². The van der Waals surface area contributed by atoms with Crippen LogP contribution in [0.3, 0.4) is 0 Å². The SMILES string of the molecule is Cc1cnc([C@@H]2COCCN2C(=O)c2cc3c(s2)CCC3)[nH]1. The van der Waals surface area contributed by atoms with Gasteiger partial charge in [0.05, 0.1) is 18.1 Å². The zero-order valence-corrected chi connectivity index (χ0v) is 13.4. The van der Waals surface area contributed by atoms with Crippen molar-refractivity contribution >= 4 is 17.2 Å². The van der Waals surface area contributed by atoms with E-state index in [4.69, 9.17) is 4.74 Å². The second-order valence-electron chi connectivity index (χ2n) is 5.95. The van der Waals surface area contributed by atoms with Gasteiger partial charge in [0.2, 0.25) is 0 Å². The molecule has 1 saturated heterocycles. The highest BCUT2D eigenvalue weighted by molar-refractivity contribution is 7.14.